The van der Waals surface area contributed by atoms with E-state index in [0.29, 0.717) is 32.7 Å². The third kappa shape index (κ3) is 21.5. The third-order valence-corrected chi connectivity index (χ3v) is 7.44. The Hall–Kier alpha value is -5.36. The van der Waals surface area contributed by atoms with Crippen LogP contribution in [0.2, 0.25) is 0 Å². The first-order valence-electron chi connectivity index (χ1n) is 17.8. The second kappa shape index (κ2) is 28.1. The summed E-state index contributed by atoms with van der Waals surface area (Å²) >= 11 is 0. The molecule has 2 aliphatic rings. The number of nitrogens with one attached hydrogen (secondary N) is 6. The van der Waals surface area contributed by atoms with E-state index in [1.165, 1.54) is 4.90 Å². The van der Waals surface area contributed by atoms with Gasteiger partial charge < -0.3 is 65.3 Å². The fourth-order valence-electron chi connectivity index (χ4n) is 4.47. The Morgan fingerprint density at radius 3 is 1.57 bits per heavy atom. The van der Waals surface area contributed by atoms with Crippen LogP contribution in [-0.2, 0) is 71.6 Å². The third-order valence-electron chi connectivity index (χ3n) is 7.44. The van der Waals surface area contributed by atoms with Crippen molar-refractivity contribution in [2.24, 2.45) is 0 Å². The molecule has 9 amide bonds. The van der Waals surface area contributed by atoms with Crippen molar-refractivity contribution >= 4 is 59.5 Å². The molecular formula is C33H50N8O15. The highest BCUT2D eigenvalue weighted by Crippen LogP contribution is 2.04. The van der Waals surface area contributed by atoms with Crippen LogP contribution in [0.15, 0.2) is 12.2 Å². The molecule has 6 N–H and O–H groups in total. The maximum absolute atomic E-state index is 12.2. The lowest BCUT2D eigenvalue weighted by molar-refractivity contribution is -0.142. The van der Waals surface area contributed by atoms with Crippen LogP contribution >= 0.6 is 0 Å². The molecule has 0 aliphatic carbocycles. The molecule has 1 atom stereocenters. The van der Waals surface area contributed by atoms with Crippen molar-refractivity contribution in [2.75, 3.05) is 118 Å². The summed E-state index contributed by atoms with van der Waals surface area (Å²) in [5, 5.41) is 14.2. The van der Waals surface area contributed by atoms with Crippen LogP contribution in [0.4, 0.5) is 0 Å². The number of carbonyl (C=O) groups is 10. The van der Waals surface area contributed by atoms with E-state index in [1.807, 2.05) is 0 Å². The van der Waals surface area contributed by atoms with Crippen molar-refractivity contribution in [3.8, 4) is 0 Å². The van der Waals surface area contributed by atoms with Crippen molar-refractivity contribution in [1.29, 1.82) is 0 Å². The summed E-state index contributed by atoms with van der Waals surface area (Å²) < 4.78 is 26.6. The fraction of sp³-hybridized carbons (Fsp3) is 0.636. The number of carbonyl (C=O) groups excluding carboxylic acids is 10. The second-order valence-electron chi connectivity index (χ2n) is 11.7. The van der Waals surface area contributed by atoms with E-state index in [9.17, 15) is 47.9 Å². The topological polar surface area (TPSA) is 296 Å². The minimum absolute atomic E-state index is 0.00736. The molecule has 0 saturated carbocycles. The van der Waals surface area contributed by atoms with Crippen LogP contribution in [-0.4, -0.2) is 194 Å². The zero-order valence-corrected chi connectivity index (χ0v) is 31.0. The Morgan fingerprint density at radius 2 is 1.05 bits per heavy atom. The number of morpholine rings is 1. The predicted molar refractivity (Wildman–Crippen MR) is 189 cm³/mol. The summed E-state index contributed by atoms with van der Waals surface area (Å²) in [6.07, 6.45) is 2.20. The SMILES string of the molecule is O=C[C@@H]1CN(C(=O)CNC(=O)CNC(=O)CNC(=O)CNC(=O)CNC(=O)CCOCCOCCOCCOCCNC(=O)CCN2C(=O)C=CC2=O)CCO1. The van der Waals surface area contributed by atoms with E-state index >= 15 is 0 Å². The number of hydrogen-bond donors (Lipinski definition) is 6. The van der Waals surface area contributed by atoms with Gasteiger partial charge in [0, 0.05) is 44.6 Å². The predicted octanol–water partition coefficient (Wildman–Crippen LogP) is -6.12. The van der Waals surface area contributed by atoms with E-state index in [0.717, 1.165) is 17.1 Å². The minimum atomic E-state index is -0.715. The zero-order valence-electron chi connectivity index (χ0n) is 31.0. The van der Waals surface area contributed by atoms with E-state index in [1.54, 1.807) is 0 Å². The molecule has 1 saturated heterocycles. The van der Waals surface area contributed by atoms with Crippen LogP contribution in [0.3, 0.4) is 0 Å². The minimum Gasteiger partial charge on any atom is -0.379 e. The summed E-state index contributed by atoms with van der Waals surface area (Å²) in [5.74, 6) is -4.69. The highest BCUT2D eigenvalue weighted by molar-refractivity contribution is 6.13. The number of imide groups is 1. The van der Waals surface area contributed by atoms with Gasteiger partial charge in [0.05, 0.1) is 98.7 Å². The van der Waals surface area contributed by atoms with Crippen LogP contribution < -0.4 is 31.9 Å². The molecule has 0 aromatic heterocycles. The Morgan fingerprint density at radius 1 is 0.607 bits per heavy atom. The van der Waals surface area contributed by atoms with Crippen molar-refractivity contribution in [1.82, 2.24) is 41.7 Å². The Kier molecular flexibility index (Phi) is 23.5. The van der Waals surface area contributed by atoms with Gasteiger partial charge in [0.2, 0.25) is 41.4 Å². The number of amides is 9. The molecule has 312 valence electrons. The van der Waals surface area contributed by atoms with Gasteiger partial charge in [0.15, 0.2) is 6.29 Å². The van der Waals surface area contributed by atoms with Crippen molar-refractivity contribution in [3.05, 3.63) is 12.2 Å². The molecule has 2 rings (SSSR count). The standard InChI is InChI=1S/C33H50N8O15/c42-23-24-22-40(7-10-56-24)33(51)21-39-30(48)20-38-29(47)19-37-28(46)18-36-27(45)17-35-26(44)4-8-52-11-13-54-15-16-55-14-12-53-9-5-34-25(43)3-6-41-31(49)1-2-32(41)50/h1-2,23-24H,3-22H2,(H,34,43)(H,35,44)(H,36,45)(H,37,46)(H,38,47)(H,39,48)/t24-/m0/s1. The average molecular weight is 799 g/mol. The Bertz CT molecular complexity index is 1380. The highest BCUT2D eigenvalue weighted by atomic mass is 16.6. The van der Waals surface area contributed by atoms with Crippen molar-refractivity contribution in [3.63, 3.8) is 0 Å². The van der Waals surface area contributed by atoms with Crippen molar-refractivity contribution < 1.29 is 71.6 Å². The van der Waals surface area contributed by atoms with Crippen LogP contribution in [0.5, 0.6) is 0 Å². The van der Waals surface area contributed by atoms with Crippen molar-refractivity contribution in [2.45, 2.75) is 18.9 Å². The molecule has 0 radical (unpaired) electrons. The van der Waals surface area contributed by atoms with Gasteiger partial charge in [-0.3, -0.25) is 48.1 Å². The summed E-state index contributed by atoms with van der Waals surface area (Å²) in [4.78, 5) is 120. The van der Waals surface area contributed by atoms with Gasteiger partial charge in [0.25, 0.3) is 11.8 Å². The molecular weight excluding hydrogens is 748 g/mol. The molecule has 0 spiro atoms. The van der Waals surface area contributed by atoms with E-state index in [-0.39, 0.29) is 91.1 Å². The van der Waals surface area contributed by atoms with Gasteiger partial charge in [-0.25, -0.2) is 0 Å². The largest absolute Gasteiger partial charge is 0.379 e. The quantitative estimate of drug-likeness (QED) is 0.0233. The summed E-state index contributed by atoms with van der Waals surface area (Å²) in [6.45, 7) is 0.864. The zero-order chi connectivity index (χ0) is 41.0. The van der Waals surface area contributed by atoms with Gasteiger partial charge in [-0.15, -0.1) is 0 Å². The molecule has 0 aromatic rings. The van der Waals surface area contributed by atoms with E-state index in [2.05, 4.69) is 31.9 Å². The first-order chi connectivity index (χ1) is 27.0. The molecule has 23 nitrogen and oxygen atoms in total. The molecule has 0 bridgehead atoms. The lowest BCUT2D eigenvalue weighted by atomic mass is 10.3. The molecule has 0 aromatic carbocycles. The number of hydrogen-bond acceptors (Lipinski definition) is 15. The number of aldehydes is 1. The number of rotatable bonds is 29. The normalized spacial score (nSPS) is 14.9. The van der Waals surface area contributed by atoms with Gasteiger partial charge in [0.1, 0.15) is 6.10 Å². The number of ether oxygens (including phenoxy) is 5. The van der Waals surface area contributed by atoms with Gasteiger partial charge in [-0.1, -0.05) is 0 Å². The second-order valence-corrected chi connectivity index (χ2v) is 11.7. The summed E-state index contributed by atoms with van der Waals surface area (Å²) in [5.41, 5.74) is 0. The van der Waals surface area contributed by atoms with Gasteiger partial charge >= 0.3 is 0 Å². The molecule has 2 aliphatic heterocycles. The average Bonchev–Trinajstić information content (AvgIpc) is 3.52. The molecule has 1 fully saturated rings. The maximum atomic E-state index is 12.2. The molecule has 23 heteroatoms. The van der Waals surface area contributed by atoms with Gasteiger partial charge in [-0.2, -0.15) is 0 Å². The monoisotopic (exact) mass is 798 g/mol. The molecule has 56 heavy (non-hydrogen) atoms. The lowest BCUT2D eigenvalue weighted by Gasteiger charge is -2.30. The molecule has 0 unspecified atom stereocenters. The summed E-state index contributed by atoms with van der Waals surface area (Å²) in [7, 11) is 0. The van der Waals surface area contributed by atoms with E-state index in [4.69, 9.17) is 23.7 Å². The number of nitrogens with zero attached hydrogens (tertiary/aromatic N) is 2. The van der Waals surface area contributed by atoms with Gasteiger partial charge in [-0.05, 0) is 0 Å². The van der Waals surface area contributed by atoms with E-state index < -0.39 is 73.0 Å². The first kappa shape index (κ1) is 46.8. The van der Waals surface area contributed by atoms with Crippen LogP contribution in [0.1, 0.15) is 12.8 Å². The van der Waals surface area contributed by atoms with Crippen LogP contribution in [0.25, 0.3) is 0 Å². The smallest absolute Gasteiger partial charge is 0.253 e. The highest BCUT2D eigenvalue weighted by Gasteiger charge is 2.25. The molecule has 2 heterocycles. The fourth-order valence-corrected chi connectivity index (χ4v) is 4.47. The Labute approximate surface area is 322 Å². The maximum Gasteiger partial charge on any atom is 0.253 e. The summed E-state index contributed by atoms with van der Waals surface area (Å²) in [6, 6.07) is 0. The Balaban J connectivity index is 1.32. The first-order valence-corrected chi connectivity index (χ1v) is 17.8. The lowest BCUT2D eigenvalue weighted by Crippen LogP contribution is -2.50. The van der Waals surface area contributed by atoms with Crippen LogP contribution in [0, 0.1) is 0 Å².